The van der Waals surface area contributed by atoms with Crippen molar-refractivity contribution in [2.75, 3.05) is 13.7 Å². The summed E-state index contributed by atoms with van der Waals surface area (Å²) in [6.07, 6.45) is 6.19. The quantitative estimate of drug-likeness (QED) is 0.683. The number of carbonyl (C=O) groups excluding carboxylic acids is 1. The normalized spacial score (nSPS) is 10.5. The molecule has 0 aliphatic carbocycles. The van der Waals surface area contributed by atoms with Crippen LogP contribution < -0.4 is 0 Å². The maximum Gasteiger partial charge on any atom is 0.330 e. The molecule has 2 aromatic rings. The van der Waals surface area contributed by atoms with Gasteiger partial charge in [0, 0.05) is 6.08 Å². The third-order valence-electron chi connectivity index (χ3n) is 2.77. The van der Waals surface area contributed by atoms with E-state index in [0.29, 0.717) is 0 Å². The number of esters is 1. The molecule has 0 unspecified atom stereocenters. The van der Waals surface area contributed by atoms with E-state index in [9.17, 15) is 13.6 Å². The first-order valence-electron chi connectivity index (χ1n) is 7.09. The average molecular weight is 332 g/mol. The molecule has 5 heteroatoms. The molecule has 24 heavy (non-hydrogen) atoms. The monoisotopic (exact) mass is 332 g/mol. The minimum Gasteiger partial charge on any atom is -0.466 e. The molecule has 0 amide bonds. The zero-order valence-electron chi connectivity index (χ0n) is 13.2. The Morgan fingerprint density at radius 3 is 1.83 bits per heavy atom. The van der Waals surface area contributed by atoms with Crippen LogP contribution in [0, 0.1) is 11.6 Å². The van der Waals surface area contributed by atoms with Crippen LogP contribution in [0.1, 0.15) is 11.1 Å². The largest absolute Gasteiger partial charge is 0.466 e. The van der Waals surface area contributed by atoms with Crippen LogP contribution in [0.5, 0.6) is 0 Å². The van der Waals surface area contributed by atoms with Crippen LogP contribution in [-0.2, 0) is 9.53 Å². The highest BCUT2D eigenvalue weighted by Gasteiger charge is 1.92. The van der Waals surface area contributed by atoms with Crippen LogP contribution in [0.3, 0.4) is 0 Å². The molecule has 3 nitrogen and oxygen atoms in total. The van der Waals surface area contributed by atoms with Crippen LogP contribution in [0.15, 0.2) is 60.7 Å². The van der Waals surface area contributed by atoms with Gasteiger partial charge in [0.15, 0.2) is 0 Å². The van der Waals surface area contributed by atoms with E-state index in [1.54, 1.807) is 42.5 Å². The number of rotatable bonds is 4. The Kier molecular flexibility index (Phi) is 8.71. The lowest BCUT2D eigenvalue weighted by atomic mass is 10.2. The Morgan fingerprint density at radius 1 is 0.958 bits per heavy atom. The van der Waals surface area contributed by atoms with Crippen LogP contribution in [0.2, 0.25) is 0 Å². The van der Waals surface area contributed by atoms with E-state index >= 15 is 0 Å². The Bertz CT molecular complexity index is 675. The molecule has 1 N–H and O–H groups in total. The van der Waals surface area contributed by atoms with E-state index < -0.39 is 5.97 Å². The van der Waals surface area contributed by atoms with Crippen molar-refractivity contribution in [2.24, 2.45) is 0 Å². The summed E-state index contributed by atoms with van der Waals surface area (Å²) in [5.41, 5.74) is 1.65. The Morgan fingerprint density at radius 2 is 1.42 bits per heavy atom. The van der Waals surface area contributed by atoms with Crippen molar-refractivity contribution >= 4 is 18.1 Å². The third kappa shape index (κ3) is 8.00. The molecule has 0 aromatic heterocycles. The Labute approximate surface area is 139 Å². The summed E-state index contributed by atoms with van der Waals surface area (Å²) in [5.74, 6) is -0.967. The molecule has 0 spiro atoms. The van der Waals surface area contributed by atoms with E-state index in [4.69, 9.17) is 5.11 Å². The minimum absolute atomic E-state index is 0.0113. The summed E-state index contributed by atoms with van der Waals surface area (Å²) < 4.78 is 29.2. The number of benzene rings is 2. The molecule has 0 heterocycles. The lowest BCUT2D eigenvalue weighted by Gasteiger charge is -1.92. The number of hydrogen-bond donors (Lipinski definition) is 1. The van der Waals surface area contributed by atoms with Gasteiger partial charge in [-0.1, -0.05) is 36.4 Å². The molecule has 0 bridgehead atoms. The number of ether oxygens (including phenoxy) is 1. The lowest BCUT2D eigenvalue weighted by Crippen LogP contribution is -1.93. The first kappa shape index (κ1) is 19.3. The molecule has 0 saturated carbocycles. The number of halogens is 2. The smallest absolute Gasteiger partial charge is 0.330 e. The molecule has 0 saturated heterocycles. The van der Waals surface area contributed by atoms with Gasteiger partial charge in [0.1, 0.15) is 11.6 Å². The molecule has 0 aliphatic heterocycles. The topological polar surface area (TPSA) is 46.5 Å². The first-order valence-corrected chi connectivity index (χ1v) is 7.09. The second kappa shape index (κ2) is 10.9. The zero-order chi connectivity index (χ0) is 17.8. The van der Waals surface area contributed by atoms with Gasteiger partial charge >= 0.3 is 5.97 Å². The van der Waals surface area contributed by atoms with Gasteiger partial charge in [-0.2, -0.15) is 0 Å². The van der Waals surface area contributed by atoms with Crippen molar-refractivity contribution in [3.8, 4) is 0 Å². The minimum atomic E-state index is -0.427. The van der Waals surface area contributed by atoms with Crippen LogP contribution >= 0.6 is 0 Å². The summed E-state index contributed by atoms with van der Waals surface area (Å²) in [5, 5.41) is 8.42. The van der Waals surface area contributed by atoms with Crippen LogP contribution in [-0.4, -0.2) is 24.8 Å². The maximum absolute atomic E-state index is 12.4. The molecular formula is C19H18F2O3. The van der Waals surface area contributed by atoms with Crippen LogP contribution in [0.25, 0.3) is 12.2 Å². The van der Waals surface area contributed by atoms with Crippen molar-refractivity contribution in [3.05, 3.63) is 83.4 Å². The first-order chi connectivity index (χ1) is 11.5. The van der Waals surface area contributed by atoms with Gasteiger partial charge in [0.2, 0.25) is 0 Å². The van der Waals surface area contributed by atoms with Crippen molar-refractivity contribution in [1.29, 1.82) is 0 Å². The van der Waals surface area contributed by atoms with Gasteiger partial charge in [-0.25, -0.2) is 13.6 Å². The fourth-order valence-corrected chi connectivity index (χ4v) is 1.57. The summed E-state index contributed by atoms with van der Waals surface area (Å²) in [4.78, 5) is 10.7. The molecule has 0 fully saturated rings. The van der Waals surface area contributed by atoms with E-state index in [1.165, 1.54) is 37.5 Å². The van der Waals surface area contributed by atoms with Gasteiger partial charge in [-0.3, -0.25) is 0 Å². The second-order valence-electron chi connectivity index (χ2n) is 4.54. The Hall–Kier alpha value is -2.79. The Balaban J connectivity index is 0.000000243. The van der Waals surface area contributed by atoms with E-state index in [1.807, 2.05) is 0 Å². The third-order valence-corrected chi connectivity index (χ3v) is 2.77. The van der Waals surface area contributed by atoms with Crippen molar-refractivity contribution in [3.63, 3.8) is 0 Å². The summed E-state index contributed by atoms with van der Waals surface area (Å²) in [7, 11) is 1.30. The number of aliphatic hydroxyl groups excluding tert-OH is 1. The second-order valence-corrected chi connectivity index (χ2v) is 4.54. The van der Waals surface area contributed by atoms with Crippen LogP contribution in [0.4, 0.5) is 8.78 Å². The molecule has 0 aliphatic rings. The van der Waals surface area contributed by atoms with Gasteiger partial charge in [0.05, 0.1) is 13.7 Å². The van der Waals surface area contributed by atoms with E-state index in [2.05, 4.69) is 4.74 Å². The average Bonchev–Trinajstić information content (AvgIpc) is 2.61. The lowest BCUT2D eigenvalue weighted by molar-refractivity contribution is -0.134. The highest BCUT2D eigenvalue weighted by Crippen LogP contribution is 2.05. The van der Waals surface area contributed by atoms with Crippen molar-refractivity contribution in [1.82, 2.24) is 0 Å². The van der Waals surface area contributed by atoms with Gasteiger partial charge in [-0.15, -0.1) is 0 Å². The summed E-state index contributed by atoms with van der Waals surface area (Å²) >= 11 is 0. The number of hydrogen-bond acceptors (Lipinski definition) is 3. The van der Waals surface area contributed by atoms with Gasteiger partial charge < -0.3 is 9.84 Å². The molecule has 0 radical (unpaired) electrons. The van der Waals surface area contributed by atoms with E-state index in [-0.39, 0.29) is 18.2 Å². The number of aliphatic hydroxyl groups is 1. The maximum atomic E-state index is 12.4. The SMILES string of the molecule is COC(=O)/C=C/c1ccc(F)cc1.OC/C=C/c1ccc(F)cc1. The van der Waals surface area contributed by atoms with Gasteiger partial charge in [0.25, 0.3) is 0 Å². The van der Waals surface area contributed by atoms with E-state index in [0.717, 1.165) is 11.1 Å². The predicted molar refractivity (Wildman–Crippen MR) is 90.0 cm³/mol. The molecule has 0 atom stereocenters. The molecule has 2 rings (SSSR count). The molecule has 126 valence electrons. The predicted octanol–water partition coefficient (Wildman–Crippen LogP) is 3.84. The highest BCUT2D eigenvalue weighted by molar-refractivity contribution is 5.86. The summed E-state index contributed by atoms with van der Waals surface area (Å²) in [6.45, 7) is 0.0113. The fourth-order valence-electron chi connectivity index (χ4n) is 1.57. The standard InChI is InChI=1S/C10H9FO2.C9H9FO/c1-13-10(12)7-4-8-2-5-9(11)6-3-8;10-9-5-3-8(4-6-9)2-1-7-11/h2-7H,1H3;1-6,11H,7H2/b7-4+;2-1+. The van der Waals surface area contributed by atoms with Gasteiger partial charge in [-0.05, 0) is 41.5 Å². The number of carbonyl (C=O) groups is 1. The molecule has 2 aromatic carbocycles. The number of methoxy groups -OCH3 is 1. The fraction of sp³-hybridized carbons (Fsp3) is 0.105. The zero-order valence-corrected chi connectivity index (χ0v) is 13.2. The van der Waals surface area contributed by atoms with Crippen molar-refractivity contribution in [2.45, 2.75) is 0 Å². The summed E-state index contributed by atoms with van der Waals surface area (Å²) in [6, 6.07) is 11.9. The molecular weight excluding hydrogens is 314 g/mol. The van der Waals surface area contributed by atoms with Crippen molar-refractivity contribution < 1.29 is 23.4 Å². The highest BCUT2D eigenvalue weighted by atomic mass is 19.1.